The van der Waals surface area contributed by atoms with Gasteiger partial charge in [-0.25, -0.2) is 0 Å². The lowest BCUT2D eigenvalue weighted by Crippen LogP contribution is -2.53. The van der Waals surface area contributed by atoms with Gasteiger partial charge in [-0.2, -0.15) is 0 Å². The van der Waals surface area contributed by atoms with Gasteiger partial charge in [0, 0.05) is 30.2 Å². The highest BCUT2D eigenvalue weighted by Crippen LogP contribution is 2.50. The van der Waals surface area contributed by atoms with E-state index in [-0.39, 0.29) is 5.91 Å². The normalized spacial score (nSPS) is 15.4. The molecule has 0 aliphatic carbocycles. The third kappa shape index (κ3) is 3.43. The molecule has 146 valence electrons. The lowest BCUT2D eigenvalue weighted by Gasteiger charge is -2.36. The molecule has 0 atom stereocenters. The number of rotatable bonds is 4. The minimum atomic E-state index is -3.35. The standard InChI is InChI=1S/C20H21N3O4S/c1-13-10-15(20(25)23-11-16(24)12-23)7-8-17(13)22-28(26,27)18-6-2-4-14-5-3-9-21-19(14)18/h2-10,16,22,24,26-27H,11-12H2,1H3. The van der Waals surface area contributed by atoms with E-state index in [1.807, 2.05) is 12.1 Å². The molecule has 1 aliphatic heterocycles. The van der Waals surface area contributed by atoms with Gasteiger partial charge in [-0.15, -0.1) is 0 Å². The molecule has 8 heteroatoms. The first-order valence-corrected chi connectivity index (χ1v) is 10.4. The molecule has 4 rings (SSSR count). The van der Waals surface area contributed by atoms with E-state index >= 15 is 0 Å². The van der Waals surface area contributed by atoms with Crippen molar-refractivity contribution in [2.75, 3.05) is 17.8 Å². The summed E-state index contributed by atoms with van der Waals surface area (Å²) < 4.78 is 24.4. The number of nitrogens with one attached hydrogen (secondary N) is 1. The van der Waals surface area contributed by atoms with E-state index in [0.29, 0.717) is 40.3 Å². The molecule has 2 aromatic carbocycles. The van der Waals surface area contributed by atoms with Gasteiger partial charge >= 0.3 is 0 Å². The van der Waals surface area contributed by atoms with Crippen molar-refractivity contribution < 1.29 is 19.0 Å². The van der Waals surface area contributed by atoms with Crippen molar-refractivity contribution in [2.24, 2.45) is 0 Å². The van der Waals surface area contributed by atoms with Crippen LogP contribution in [-0.4, -0.2) is 49.2 Å². The molecule has 0 unspecified atom stereocenters. The third-order valence-corrected chi connectivity index (χ3v) is 6.22. The number of benzene rings is 2. The number of para-hydroxylation sites is 1. The summed E-state index contributed by atoms with van der Waals surface area (Å²) in [7, 11) is -3.35. The molecule has 7 nitrogen and oxygen atoms in total. The van der Waals surface area contributed by atoms with Crippen molar-refractivity contribution in [2.45, 2.75) is 17.9 Å². The van der Waals surface area contributed by atoms with E-state index in [4.69, 9.17) is 0 Å². The number of β-amino-alcohol motifs (C(OH)–C–C–N with tert-alkyl or cyclic N) is 1. The van der Waals surface area contributed by atoms with Crippen LogP contribution in [0.1, 0.15) is 15.9 Å². The fraction of sp³-hybridized carbons (Fsp3) is 0.200. The number of fused-ring (bicyclic) bond motifs is 1. The topological polar surface area (TPSA) is 106 Å². The summed E-state index contributed by atoms with van der Waals surface area (Å²) in [5, 5.41) is 10.2. The Hall–Kier alpha value is -2.65. The van der Waals surface area contributed by atoms with Gasteiger partial charge in [0.1, 0.15) is 4.90 Å². The first-order valence-electron chi connectivity index (χ1n) is 8.83. The Labute approximate surface area is 164 Å². The van der Waals surface area contributed by atoms with Crippen LogP contribution in [0.15, 0.2) is 59.6 Å². The Morgan fingerprint density at radius 2 is 1.93 bits per heavy atom. The zero-order chi connectivity index (χ0) is 19.9. The van der Waals surface area contributed by atoms with Gasteiger partial charge in [0.2, 0.25) is 0 Å². The molecule has 2 heterocycles. The number of nitrogens with zero attached hydrogens (tertiary/aromatic N) is 2. The van der Waals surface area contributed by atoms with Crippen molar-refractivity contribution in [3.63, 3.8) is 0 Å². The van der Waals surface area contributed by atoms with Gasteiger partial charge in [0.15, 0.2) is 0 Å². The van der Waals surface area contributed by atoms with Crippen LogP contribution in [0.3, 0.4) is 0 Å². The van der Waals surface area contributed by atoms with E-state index in [9.17, 15) is 19.0 Å². The van der Waals surface area contributed by atoms with Crippen molar-refractivity contribution in [1.82, 2.24) is 9.88 Å². The minimum Gasteiger partial charge on any atom is -0.389 e. The molecule has 0 saturated carbocycles. The average molecular weight is 399 g/mol. The number of hydrogen-bond acceptors (Lipinski definition) is 6. The fourth-order valence-electron chi connectivity index (χ4n) is 3.23. The van der Waals surface area contributed by atoms with Crippen LogP contribution in [0.25, 0.3) is 10.9 Å². The maximum absolute atomic E-state index is 12.4. The average Bonchev–Trinajstić information content (AvgIpc) is 2.66. The maximum Gasteiger partial charge on any atom is 0.254 e. The number of aryl methyl sites for hydroxylation is 1. The van der Waals surface area contributed by atoms with E-state index in [0.717, 1.165) is 5.39 Å². The first kappa shape index (κ1) is 18.7. The molecule has 0 spiro atoms. The summed E-state index contributed by atoms with van der Waals surface area (Å²) in [6.07, 6.45) is 1.16. The second-order valence-electron chi connectivity index (χ2n) is 6.88. The van der Waals surface area contributed by atoms with Crippen LogP contribution in [-0.2, 0) is 0 Å². The van der Waals surface area contributed by atoms with Crippen LogP contribution in [0, 0.1) is 6.92 Å². The van der Waals surface area contributed by atoms with Gasteiger partial charge in [0.25, 0.3) is 5.91 Å². The summed E-state index contributed by atoms with van der Waals surface area (Å²) in [5.74, 6) is -0.148. The Morgan fingerprint density at radius 3 is 2.64 bits per heavy atom. The number of pyridine rings is 1. The van der Waals surface area contributed by atoms with Gasteiger partial charge < -0.3 is 10.0 Å². The summed E-state index contributed by atoms with van der Waals surface area (Å²) in [6, 6.07) is 13.9. The molecular formula is C20H21N3O4S. The number of carbonyl (C=O) groups is 1. The predicted molar refractivity (Wildman–Crippen MR) is 110 cm³/mol. The van der Waals surface area contributed by atoms with Crippen LogP contribution >= 0.6 is 10.8 Å². The molecule has 1 fully saturated rings. The number of anilines is 1. The number of aromatic nitrogens is 1. The van der Waals surface area contributed by atoms with Crippen molar-refractivity contribution in [3.05, 3.63) is 65.9 Å². The molecule has 3 aromatic rings. The summed E-state index contributed by atoms with van der Waals surface area (Å²) in [4.78, 5) is 18.6. The molecule has 28 heavy (non-hydrogen) atoms. The third-order valence-electron chi connectivity index (χ3n) is 4.78. The van der Waals surface area contributed by atoms with Gasteiger partial charge in [0.05, 0.1) is 17.3 Å². The van der Waals surface area contributed by atoms with Crippen LogP contribution in [0.2, 0.25) is 0 Å². The zero-order valence-electron chi connectivity index (χ0n) is 15.2. The smallest absolute Gasteiger partial charge is 0.254 e. The number of hydrogen-bond donors (Lipinski definition) is 4. The van der Waals surface area contributed by atoms with E-state index in [1.165, 1.54) is 0 Å². The van der Waals surface area contributed by atoms with Crippen LogP contribution in [0.5, 0.6) is 0 Å². The largest absolute Gasteiger partial charge is 0.389 e. The number of aliphatic hydroxyl groups excluding tert-OH is 1. The molecule has 4 N–H and O–H groups in total. The van der Waals surface area contributed by atoms with Gasteiger partial charge in [-0.05, 0) is 42.8 Å². The summed E-state index contributed by atoms with van der Waals surface area (Å²) in [6.45, 7) is 2.47. The Balaban J connectivity index is 1.60. The highest BCUT2D eigenvalue weighted by atomic mass is 32.3. The minimum absolute atomic E-state index is 0.148. The second kappa shape index (κ2) is 7.06. The van der Waals surface area contributed by atoms with E-state index < -0.39 is 16.9 Å². The summed E-state index contributed by atoms with van der Waals surface area (Å²) >= 11 is 0. The molecule has 1 aliphatic rings. The van der Waals surface area contributed by atoms with Gasteiger partial charge in [-0.1, -0.05) is 29.0 Å². The Kier molecular flexibility index (Phi) is 4.72. The molecule has 0 bridgehead atoms. The number of carbonyl (C=O) groups excluding carboxylic acids is 1. The first-order chi connectivity index (χ1) is 13.3. The lowest BCUT2D eigenvalue weighted by molar-refractivity contribution is 0.00589. The zero-order valence-corrected chi connectivity index (χ0v) is 16.1. The maximum atomic E-state index is 12.4. The Bertz CT molecular complexity index is 1050. The number of likely N-dealkylation sites (tertiary alicyclic amines) is 1. The molecule has 1 aromatic heterocycles. The van der Waals surface area contributed by atoms with Crippen molar-refractivity contribution >= 4 is 33.3 Å². The molecular weight excluding hydrogens is 378 g/mol. The quantitative estimate of drug-likeness (QED) is 0.535. The second-order valence-corrected chi connectivity index (χ2v) is 8.62. The molecule has 1 saturated heterocycles. The van der Waals surface area contributed by atoms with Crippen molar-refractivity contribution in [3.8, 4) is 0 Å². The fourth-order valence-corrected chi connectivity index (χ4v) is 4.58. The molecule has 0 radical (unpaired) electrons. The monoisotopic (exact) mass is 399 g/mol. The van der Waals surface area contributed by atoms with Crippen molar-refractivity contribution in [1.29, 1.82) is 0 Å². The SMILES string of the molecule is Cc1cc(C(=O)N2CC(O)C2)ccc1NS(O)(O)c1cccc2cccnc12. The number of amides is 1. The Morgan fingerprint density at radius 1 is 1.18 bits per heavy atom. The van der Waals surface area contributed by atoms with E-state index in [2.05, 4.69) is 9.71 Å². The lowest BCUT2D eigenvalue weighted by atomic mass is 10.1. The molecule has 1 amide bonds. The summed E-state index contributed by atoms with van der Waals surface area (Å²) in [5.41, 5.74) is 2.25. The van der Waals surface area contributed by atoms with Crippen LogP contribution < -0.4 is 4.72 Å². The highest BCUT2D eigenvalue weighted by molar-refractivity contribution is 8.25. The van der Waals surface area contributed by atoms with E-state index in [1.54, 1.807) is 54.4 Å². The highest BCUT2D eigenvalue weighted by Gasteiger charge is 2.29. The number of aliphatic hydroxyl groups is 1. The van der Waals surface area contributed by atoms with Gasteiger partial charge in [-0.3, -0.25) is 23.6 Å². The van der Waals surface area contributed by atoms with Crippen LogP contribution in [0.4, 0.5) is 5.69 Å². The predicted octanol–water partition coefficient (Wildman–Crippen LogP) is 3.50.